The first-order chi connectivity index (χ1) is 6.00. The van der Waals surface area contributed by atoms with E-state index in [1.54, 1.807) is 0 Å². The van der Waals surface area contributed by atoms with Crippen LogP contribution < -0.4 is 0 Å². The van der Waals surface area contributed by atoms with Crippen LogP contribution in [0.25, 0.3) is 0 Å². The van der Waals surface area contributed by atoms with Crippen molar-refractivity contribution >= 4 is 43.5 Å². The van der Waals surface area contributed by atoms with Crippen molar-refractivity contribution in [3.05, 3.63) is 0 Å². The molecule has 0 aromatic heterocycles. The summed E-state index contributed by atoms with van der Waals surface area (Å²) in [6.45, 7) is 0. The Morgan fingerprint density at radius 1 is 0.400 bits per heavy atom. The molecule has 0 saturated heterocycles. The van der Waals surface area contributed by atoms with Crippen molar-refractivity contribution in [1.82, 2.24) is 0 Å². The number of hydrogen-bond donors (Lipinski definition) is 9. The van der Waals surface area contributed by atoms with E-state index in [1.807, 2.05) is 0 Å². The fraction of sp³-hybridized carbons (Fsp3) is 0. The van der Waals surface area contributed by atoms with E-state index in [0.29, 0.717) is 0 Å². The average Bonchev–Trinajstić information content (AvgIpc) is 1.41. The van der Waals surface area contributed by atoms with Crippen LogP contribution >= 0.6 is 0 Å². The van der Waals surface area contributed by atoms with Gasteiger partial charge in [0.25, 0.3) is 0 Å². The zero-order chi connectivity index (χ0) is 13.5. The molecule has 0 fully saturated rings. The van der Waals surface area contributed by atoms with Crippen LogP contribution in [-0.4, -0.2) is 80.4 Å². The van der Waals surface area contributed by atoms with Gasteiger partial charge in [0.2, 0.25) is 0 Å². The van der Waals surface area contributed by atoms with Gasteiger partial charge in [0.15, 0.2) is 0 Å². The van der Waals surface area contributed by atoms with Gasteiger partial charge >= 0.3 is 91.6 Å². The molecular weight excluding hydrogens is 417 g/mol. The zero-order valence-electron chi connectivity index (χ0n) is 6.59. The molecule has 0 aliphatic rings. The molecule has 0 bridgehead atoms. The van der Waals surface area contributed by atoms with Gasteiger partial charge < -0.3 is 0 Å². The summed E-state index contributed by atoms with van der Waals surface area (Å²) in [6.07, 6.45) is 0. The summed E-state index contributed by atoms with van der Waals surface area (Å²) in [6, 6.07) is 0. The molecule has 0 saturated carbocycles. The first-order valence-corrected chi connectivity index (χ1v) is 12.2. The Balaban J connectivity index is -0.000000144. The zero-order valence-corrected chi connectivity index (χ0v) is 12.2. The molecule has 0 radical (unpaired) electrons. The summed E-state index contributed by atoms with van der Waals surface area (Å²) < 4.78 is 92.1. The molecule has 15 heavy (non-hydrogen) atoms. The van der Waals surface area contributed by atoms with Crippen molar-refractivity contribution in [2.45, 2.75) is 0 Å². The second-order valence-corrected chi connectivity index (χ2v) is 8.00. The van der Waals surface area contributed by atoms with E-state index in [-0.39, 0.29) is 0 Å². The molecule has 0 aliphatic carbocycles. The maximum absolute atomic E-state index is 8.94. The third kappa shape index (κ3) is 4650. The summed E-state index contributed by atoms with van der Waals surface area (Å²) in [7, 11) is 0. The molecule has 0 atom stereocenters. The predicted octanol–water partition coefficient (Wildman–Crippen LogP) is -6.51. The van der Waals surface area contributed by atoms with Gasteiger partial charge in [-0.15, -0.1) is 0 Å². The number of rotatable bonds is 0. The molecule has 15 heteroatoms. The van der Waals surface area contributed by atoms with Crippen molar-refractivity contribution in [3.8, 4) is 0 Å². The Morgan fingerprint density at radius 2 is 0.400 bits per heavy atom. The summed E-state index contributed by atoms with van der Waals surface area (Å²) in [5, 5.41) is 0. The minimum atomic E-state index is -5.12. The van der Waals surface area contributed by atoms with Crippen LogP contribution in [0.3, 0.4) is 0 Å². The predicted molar refractivity (Wildman–Crippen MR) is 39.3 cm³/mol. The van der Waals surface area contributed by atoms with Crippen LogP contribution in [0, 0.1) is 0 Å². The van der Waals surface area contributed by atoms with Gasteiger partial charge in [-0.1, -0.05) is 0 Å². The summed E-state index contributed by atoms with van der Waals surface area (Å²) in [5.74, 6) is 0. The molecule has 0 amide bonds. The van der Waals surface area contributed by atoms with E-state index in [9.17, 15) is 0 Å². The van der Waals surface area contributed by atoms with Crippen molar-refractivity contribution < 1.29 is 48.1 Å². The van der Waals surface area contributed by atoms with E-state index in [4.69, 9.17) is 48.1 Å². The molecule has 12 nitrogen and oxygen atoms in total. The van der Waals surface area contributed by atoms with Crippen LogP contribution in [-0.2, 0) is 11.2 Å². The van der Waals surface area contributed by atoms with Crippen LogP contribution in [0.5, 0.6) is 0 Å². The van der Waals surface area contributed by atoms with Gasteiger partial charge in [-0.05, 0) is 0 Å². The van der Waals surface area contributed by atoms with Crippen molar-refractivity contribution in [2.75, 3.05) is 0 Å². The second-order valence-electron chi connectivity index (χ2n) is 1.54. The third-order valence-corrected chi connectivity index (χ3v) is 0. The fourth-order valence-corrected chi connectivity index (χ4v) is 0. The molecule has 0 aromatic rings. The third-order valence-electron chi connectivity index (χ3n) is 0. The molecule has 0 unspecified atom stereocenters. The van der Waals surface area contributed by atoms with Crippen molar-refractivity contribution in [2.24, 2.45) is 0 Å². The SMILES string of the molecule is O=[As](O)(O)O.O=[As](O)(O)O.O=[As](O)(O)O. The van der Waals surface area contributed by atoms with Crippen LogP contribution in [0.1, 0.15) is 0 Å². The molecule has 0 aromatic carbocycles. The van der Waals surface area contributed by atoms with Gasteiger partial charge in [0.05, 0.1) is 0 Å². The molecule has 9 N–H and O–H groups in total. The van der Waals surface area contributed by atoms with Gasteiger partial charge in [0.1, 0.15) is 0 Å². The molecular formula is H9As3O12. The molecule has 0 aliphatic heterocycles. The van der Waals surface area contributed by atoms with Crippen LogP contribution in [0.2, 0.25) is 0 Å². The van der Waals surface area contributed by atoms with E-state index in [0.717, 1.165) is 0 Å². The molecule has 0 heterocycles. The topological polar surface area (TPSA) is 233 Å². The summed E-state index contributed by atoms with van der Waals surface area (Å²) in [4.78, 5) is 0. The Hall–Kier alpha value is 0.715. The Morgan fingerprint density at radius 3 is 0.400 bits per heavy atom. The minimum absolute atomic E-state index is 5.12. The van der Waals surface area contributed by atoms with Crippen LogP contribution in [0.4, 0.5) is 0 Å². The summed E-state index contributed by atoms with van der Waals surface area (Å²) >= 11 is -15.4. The molecule has 0 spiro atoms. The second kappa shape index (κ2) is 7.90. The number of hydrogen-bond acceptors (Lipinski definition) is 3. The Bertz CT molecular complexity index is 197. The molecule has 0 rings (SSSR count). The normalized spacial score (nSPS) is 11.8. The van der Waals surface area contributed by atoms with Gasteiger partial charge in [-0.2, -0.15) is 0 Å². The summed E-state index contributed by atoms with van der Waals surface area (Å²) in [5.41, 5.74) is 0. The molecule has 96 valence electrons. The van der Waals surface area contributed by atoms with E-state index in [2.05, 4.69) is 0 Å². The van der Waals surface area contributed by atoms with Gasteiger partial charge in [0, 0.05) is 0 Å². The maximum atomic E-state index is 8.94. The quantitative estimate of drug-likeness (QED) is 0.165. The van der Waals surface area contributed by atoms with E-state index < -0.39 is 43.5 Å². The van der Waals surface area contributed by atoms with Crippen molar-refractivity contribution in [3.63, 3.8) is 0 Å². The Labute approximate surface area is 91.5 Å². The van der Waals surface area contributed by atoms with Gasteiger partial charge in [-0.25, -0.2) is 0 Å². The Kier molecular flexibility index (Phi) is 11.1. The van der Waals surface area contributed by atoms with E-state index >= 15 is 0 Å². The first kappa shape index (κ1) is 21.0. The van der Waals surface area contributed by atoms with Gasteiger partial charge in [-0.3, -0.25) is 0 Å². The average molecular weight is 426 g/mol. The standard InChI is InChI=1S/3AsH3O4/c3*2-1(3,4)5/h3*(H3,2,3,4,5). The first-order valence-electron chi connectivity index (χ1n) is 2.35. The van der Waals surface area contributed by atoms with Crippen molar-refractivity contribution in [1.29, 1.82) is 0 Å². The fourth-order valence-electron chi connectivity index (χ4n) is 0. The monoisotopic (exact) mass is 426 g/mol. The van der Waals surface area contributed by atoms with E-state index in [1.165, 1.54) is 0 Å². The van der Waals surface area contributed by atoms with Crippen LogP contribution in [0.15, 0.2) is 0 Å².